The monoisotopic (exact) mass is 337 g/mol. The normalized spacial score (nSPS) is 10.5. The van der Waals surface area contributed by atoms with E-state index in [4.69, 9.17) is 4.74 Å². The molecule has 4 nitrogen and oxygen atoms in total. The van der Waals surface area contributed by atoms with Gasteiger partial charge < -0.3 is 15.2 Å². The Bertz CT molecular complexity index is 760. The van der Waals surface area contributed by atoms with Crippen LogP contribution in [0.3, 0.4) is 0 Å². The number of aromatic hydroxyl groups is 1. The Balaban J connectivity index is 1.83. The first-order valence-corrected chi connectivity index (χ1v) is 8.19. The van der Waals surface area contributed by atoms with E-state index in [1.54, 1.807) is 12.1 Å². The van der Waals surface area contributed by atoms with Crippen LogP contribution in [-0.4, -0.2) is 23.3 Å². The number of carbonyl (C=O) groups is 1. The number of rotatable bonds is 3. The van der Waals surface area contributed by atoms with Crippen LogP contribution in [0.5, 0.6) is 5.75 Å². The van der Waals surface area contributed by atoms with E-state index in [1.165, 1.54) is 0 Å². The maximum atomic E-state index is 11.5. The standard InChI is InChI=1S/C21H23NO3/c1-21(2,3)25-20(24)22-15-5-4-6-16-7-9-17(10-8-16)18-11-13-19(23)14-12-18/h7-14,23H,5,15H2,1-3H3,(H,22,24). The van der Waals surface area contributed by atoms with E-state index in [1.807, 2.05) is 57.2 Å². The molecule has 130 valence electrons. The maximum absolute atomic E-state index is 11.5. The van der Waals surface area contributed by atoms with Gasteiger partial charge >= 0.3 is 6.09 Å². The number of alkyl carbamates (subject to hydrolysis) is 1. The third-order valence-electron chi connectivity index (χ3n) is 3.24. The largest absolute Gasteiger partial charge is 0.508 e. The molecule has 0 aliphatic carbocycles. The lowest BCUT2D eigenvalue weighted by molar-refractivity contribution is 0.0529. The Hall–Kier alpha value is -2.93. The lowest BCUT2D eigenvalue weighted by Gasteiger charge is -2.19. The molecule has 0 atom stereocenters. The van der Waals surface area contributed by atoms with Crippen molar-refractivity contribution >= 4 is 6.09 Å². The number of carbonyl (C=O) groups excluding carboxylic acids is 1. The molecule has 0 bridgehead atoms. The van der Waals surface area contributed by atoms with Crippen LogP contribution in [0.1, 0.15) is 32.8 Å². The molecule has 0 saturated heterocycles. The zero-order chi connectivity index (χ0) is 18.3. The van der Waals surface area contributed by atoms with Crippen molar-refractivity contribution in [3.63, 3.8) is 0 Å². The topological polar surface area (TPSA) is 58.6 Å². The van der Waals surface area contributed by atoms with Crippen molar-refractivity contribution in [3.8, 4) is 28.7 Å². The summed E-state index contributed by atoms with van der Waals surface area (Å²) in [6.45, 7) is 5.93. The van der Waals surface area contributed by atoms with E-state index < -0.39 is 11.7 Å². The minimum absolute atomic E-state index is 0.256. The van der Waals surface area contributed by atoms with E-state index in [0.717, 1.165) is 16.7 Å². The van der Waals surface area contributed by atoms with Gasteiger partial charge in [0.2, 0.25) is 0 Å². The second kappa shape index (κ2) is 8.25. The third-order valence-corrected chi connectivity index (χ3v) is 3.24. The number of hydrogen-bond acceptors (Lipinski definition) is 3. The summed E-state index contributed by atoms with van der Waals surface area (Å²) in [4.78, 5) is 11.5. The van der Waals surface area contributed by atoms with Gasteiger partial charge in [-0.25, -0.2) is 4.79 Å². The first-order valence-electron chi connectivity index (χ1n) is 8.19. The molecule has 2 N–H and O–H groups in total. The fourth-order valence-electron chi connectivity index (χ4n) is 2.11. The van der Waals surface area contributed by atoms with E-state index in [2.05, 4.69) is 17.2 Å². The number of ether oxygens (including phenoxy) is 1. The molecule has 4 heteroatoms. The van der Waals surface area contributed by atoms with E-state index >= 15 is 0 Å². The van der Waals surface area contributed by atoms with Gasteiger partial charge in [0.25, 0.3) is 0 Å². The van der Waals surface area contributed by atoms with Gasteiger partial charge in [-0.2, -0.15) is 0 Å². The summed E-state index contributed by atoms with van der Waals surface area (Å²) in [6, 6.07) is 15.0. The zero-order valence-electron chi connectivity index (χ0n) is 14.8. The smallest absolute Gasteiger partial charge is 0.407 e. The summed E-state index contributed by atoms with van der Waals surface area (Å²) in [5, 5.41) is 12.0. The SMILES string of the molecule is CC(C)(C)OC(=O)NCCC#Cc1ccc(-c2ccc(O)cc2)cc1. The molecule has 1 amide bonds. The van der Waals surface area contributed by atoms with Crippen LogP contribution in [-0.2, 0) is 4.74 Å². The molecule has 0 heterocycles. The molecular weight excluding hydrogens is 314 g/mol. The number of amides is 1. The fraction of sp³-hybridized carbons (Fsp3) is 0.286. The van der Waals surface area contributed by atoms with Crippen LogP contribution in [0, 0.1) is 11.8 Å². The minimum atomic E-state index is -0.491. The highest BCUT2D eigenvalue weighted by Crippen LogP contribution is 2.21. The molecule has 25 heavy (non-hydrogen) atoms. The van der Waals surface area contributed by atoms with Gasteiger partial charge in [0.05, 0.1) is 0 Å². The molecule has 0 radical (unpaired) electrons. The Morgan fingerprint density at radius 1 is 1.04 bits per heavy atom. The van der Waals surface area contributed by atoms with Gasteiger partial charge in [0.15, 0.2) is 0 Å². The number of phenolic OH excluding ortho intramolecular Hbond substituents is 1. The Morgan fingerprint density at radius 2 is 1.60 bits per heavy atom. The molecule has 0 aliphatic rings. The molecular formula is C21H23NO3. The van der Waals surface area contributed by atoms with Gasteiger partial charge in [-0.05, 0) is 56.2 Å². The summed E-state index contributed by atoms with van der Waals surface area (Å²) in [7, 11) is 0. The highest BCUT2D eigenvalue weighted by atomic mass is 16.6. The van der Waals surface area contributed by atoms with Crippen molar-refractivity contribution < 1.29 is 14.6 Å². The fourth-order valence-corrected chi connectivity index (χ4v) is 2.11. The Kier molecular flexibility index (Phi) is 6.08. The van der Waals surface area contributed by atoms with Gasteiger partial charge in [-0.3, -0.25) is 0 Å². The molecule has 0 spiro atoms. The van der Waals surface area contributed by atoms with Crippen LogP contribution < -0.4 is 5.32 Å². The summed E-state index contributed by atoms with van der Waals surface area (Å²) < 4.78 is 5.15. The summed E-state index contributed by atoms with van der Waals surface area (Å²) >= 11 is 0. The quantitative estimate of drug-likeness (QED) is 0.647. The van der Waals surface area contributed by atoms with Crippen LogP contribution in [0.2, 0.25) is 0 Å². The van der Waals surface area contributed by atoms with Crippen molar-refractivity contribution in [2.24, 2.45) is 0 Å². The first-order chi connectivity index (χ1) is 11.8. The number of benzene rings is 2. The molecule has 0 aromatic heterocycles. The molecule has 0 fully saturated rings. The maximum Gasteiger partial charge on any atom is 0.407 e. The Morgan fingerprint density at radius 3 is 2.16 bits per heavy atom. The van der Waals surface area contributed by atoms with Gasteiger partial charge in [-0.1, -0.05) is 36.1 Å². The third kappa shape index (κ3) is 6.60. The van der Waals surface area contributed by atoms with E-state index in [-0.39, 0.29) is 5.75 Å². The van der Waals surface area contributed by atoms with Crippen molar-refractivity contribution in [2.45, 2.75) is 32.8 Å². The van der Waals surface area contributed by atoms with Crippen LogP contribution in [0.15, 0.2) is 48.5 Å². The van der Waals surface area contributed by atoms with Crippen molar-refractivity contribution in [1.82, 2.24) is 5.32 Å². The number of phenols is 1. The van der Waals surface area contributed by atoms with Crippen LogP contribution in [0.4, 0.5) is 4.79 Å². The van der Waals surface area contributed by atoms with Crippen LogP contribution in [0.25, 0.3) is 11.1 Å². The van der Waals surface area contributed by atoms with Gasteiger partial charge in [0, 0.05) is 18.5 Å². The molecule has 2 rings (SSSR count). The number of nitrogens with one attached hydrogen (secondary N) is 1. The minimum Gasteiger partial charge on any atom is -0.508 e. The van der Waals surface area contributed by atoms with Gasteiger partial charge in [-0.15, -0.1) is 0 Å². The van der Waals surface area contributed by atoms with Crippen molar-refractivity contribution in [1.29, 1.82) is 0 Å². The highest BCUT2D eigenvalue weighted by Gasteiger charge is 2.15. The van der Waals surface area contributed by atoms with Crippen LogP contribution >= 0.6 is 0 Å². The van der Waals surface area contributed by atoms with E-state index in [9.17, 15) is 9.90 Å². The highest BCUT2D eigenvalue weighted by molar-refractivity contribution is 5.67. The molecule has 2 aromatic carbocycles. The molecule has 0 saturated carbocycles. The van der Waals surface area contributed by atoms with E-state index in [0.29, 0.717) is 13.0 Å². The van der Waals surface area contributed by atoms with Gasteiger partial charge in [0.1, 0.15) is 11.4 Å². The predicted molar refractivity (Wildman–Crippen MR) is 99.3 cm³/mol. The second-order valence-corrected chi connectivity index (χ2v) is 6.60. The lowest BCUT2D eigenvalue weighted by Crippen LogP contribution is -2.32. The Labute approximate surface area is 148 Å². The van der Waals surface area contributed by atoms with Crippen molar-refractivity contribution in [3.05, 3.63) is 54.1 Å². The van der Waals surface area contributed by atoms with Crippen molar-refractivity contribution in [2.75, 3.05) is 6.54 Å². The summed E-state index contributed by atoms with van der Waals surface area (Å²) in [5.41, 5.74) is 2.53. The zero-order valence-corrected chi connectivity index (χ0v) is 14.8. The molecule has 0 aliphatic heterocycles. The summed E-state index contributed by atoms with van der Waals surface area (Å²) in [5.74, 6) is 6.36. The first kappa shape index (κ1) is 18.4. The molecule has 2 aromatic rings. The number of hydrogen-bond donors (Lipinski definition) is 2. The average Bonchev–Trinajstić information content (AvgIpc) is 2.54. The molecule has 0 unspecified atom stereocenters. The summed E-state index contributed by atoms with van der Waals surface area (Å²) in [6.07, 6.45) is 0.131. The second-order valence-electron chi connectivity index (χ2n) is 6.60. The lowest BCUT2D eigenvalue weighted by atomic mass is 10.0. The predicted octanol–water partition coefficient (Wildman–Crippen LogP) is 4.33. The average molecular weight is 337 g/mol.